The van der Waals surface area contributed by atoms with Gasteiger partial charge in [-0.3, -0.25) is 0 Å². The second-order valence-corrected chi connectivity index (χ2v) is 12.4. The molecule has 184 valence electrons. The summed E-state index contributed by atoms with van der Waals surface area (Å²) in [6.07, 6.45) is -0.574. The van der Waals surface area contributed by atoms with E-state index in [2.05, 4.69) is 25.5 Å². The van der Waals surface area contributed by atoms with Crippen molar-refractivity contribution in [3.63, 3.8) is 0 Å². The highest BCUT2D eigenvalue weighted by Crippen LogP contribution is 2.40. The number of benzene rings is 2. The maximum Gasteiger partial charge on any atom is 0.417 e. The molecule has 0 bridgehead atoms. The molecule has 0 radical (unpaired) electrons. The van der Waals surface area contributed by atoms with Gasteiger partial charge in [-0.25, -0.2) is 13.1 Å². The van der Waals surface area contributed by atoms with Crippen molar-refractivity contribution in [3.05, 3.63) is 59.8 Å². The van der Waals surface area contributed by atoms with Crippen molar-refractivity contribution in [2.75, 3.05) is 0 Å². The van der Waals surface area contributed by atoms with E-state index >= 15 is 0 Å². The zero-order chi connectivity index (χ0) is 24.9. The predicted molar refractivity (Wildman–Crippen MR) is 130 cm³/mol. The maximum atomic E-state index is 13.7. The fourth-order valence-electron chi connectivity index (χ4n) is 4.43. The minimum absolute atomic E-state index is 0.0850. The molecule has 8 heteroatoms. The molecular weight excluding hydrogens is 461 g/mol. The van der Waals surface area contributed by atoms with E-state index in [4.69, 9.17) is 0 Å². The molecule has 1 heterocycles. The van der Waals surface area contributed by atoms with Crippen LogP contribution in [0.15, 0.2) is 48.7 Å². The van der Waals surface area contributed by atoms with Crippen molar-refractivity contribution in [2.24, 2.45) is 5.41 Å². The molecule has 2 aromatic carbocycles. The fourth-order valence-corrected chi connectivity index (χ4v) is 6.07. The third-order valence-electron chi connectivity index (χ3n) is 6.15. The highest BCUT2D eigenvalue weighted by Gasteiger charge is 2.37. The smallest absolute Gasteiger partial charge is 0.347 e. The van der Waals surface area contributed by atoms with Crippen LogP contribution in [-0.2, 0) is 22.7 Å². The van der Waals surface area contributed by atoms with Gasteiger partial charge >= 0.3 is 6.18 Å². The number of hydrogen-bond donors (Lipinski definition) is 1. The lowest BCUT2D eigenvalue weighted by Gasteiger charge is -2.20. The van der Waals surface area contributed by atoms with Gasteiger partial charge in [-0.2, -0.15) is 13.2 Å². The number of halogens is 3. The Kier molecular flexibility index (Phi) is 6.36. The summed E-state index contributed by atoms with van der Waals surface area (Å²) in [7, 11) is -3.40. The summed E-state index contributed by atoms with van der Waals surface area (Å²) in [5, 5.41) is 0.526. The zero-order valence-corrected chi connectivity index (χ0v) is 20.7. The van der Waals surface area contributed by atoms with Crippen molar-refractivity contribution in [1.82, 2.24) is 9.29 Å². The number of aromatic nitrogens is 1. The van der Waals surface area contributed by atoms with E-state index in [1.54, 1.807) is 18.2 Å². The Balaban J connectivity index is 1.85. The second kappa shape index (κ2) is 8.72. The van der Waals surface area contributed by atoms with E-state index in [0.29, 0.717) is 31.4 Å². The van der Waals surface area contributed by atoms with E-state index in [1.165, 1.54) is 12.1 Å². The third-order valence-corrected chi connectivity index (χ3v) is 8.12. The van der Waals surface area contributed by atoms with Gasteiger partial charge in [0.15, 0.2) is 0 Å². The lowest BCUT2D eigenvalue weighted by atomic mass is 9.96. The van der Waals surface area contributed by atoms with Gasteiger partial charge < -0.3 is 4.57 Å². The number of rotatable bonds is 7. The van der Waals surface area contributed by atoms with E-state index in [0.717, 1.165) is 22.5 Å². The van der Waals surface area contributed by atoms with Gasteiger partial charge in [0, 0.05) is 29.7 Å². The third kappa shape index (κ3) is 5.18. The lowest BCUT2D eigenvalue weighted by Crippen LogP contribution is -2.31. The van der Waals surface area contributed by atoms with Gasteiger partial charge in [0.2, 0.25) is 10.0 Å². The van der Waals surface area contributed by atoms with Crippen LogP contribution in [0, 0.1) is 5.41 Å². The van der Waals surface area contributed by atoms with E-state index in [-0.39, 0.29) is 16.2 Å². The van der Waals surface area contributed by atoms with Gasteiger partial charge in [0.25, 0.3) is 0 Å². The van der Waals surface area contributed by atoms with Crippen molar-refractivity contribution < 1.29 is 21.6 Å². The van der Waals surface area contributed by atoms with E-state index in [1.807, 2.05) is 23.8 Å². The summed E-state index contributed by atoms with van der Waals surface area (Å²) in [6, 6.07) is 10.5. The molecule has 0 saturated heterocycles. The summed E-state index contributed by atoms with van der Waals surface area (Å²) >= 11 is 0. The van der Waals surface area contributed by atoms with Crippen molar-refractivity contribution in [2.45, 2.75) is 71.0 Å². The highest BCUT2D eigenvalue weighted by atomic mass is 32.2. The van der Waals surface area contributed by atoms with E-state index < -0.39 is 27.8 Å². The second-order valence-electron chi connectivity index (χ2n) is 10.4. The topological polar surface area (TPSA) is 51.1 Å². The predicted octanol–water partition coefficient (Wildman–Crippen LogP) is 6.91. The van der Waals surface area contributed by atoms with Crippen LogP contribution in [-0.4, -0.2) is 18.2 Å². The maximum absolute atomic E-state index is 13.7. The number of nitrogens with zero attached hydrogens (tertiary/aromatic N) is 1. The van der Waals surface area contributed by atoms with Crippen LogP contribution in [0.25, 0.3) is 22.0 Å². The van der Waals surface area contributed by atoms with Crippen LogP contribution in [0.3, 0.4) is 0 Å². The molecule has 1 aromatic heterocycles. The molecule has 3 aromatic rings. The zero-order valence-electron chi connectivity index (χ0n) is 19.9. The number of sulfonamides is 1. The van der Waals surface area contributed by atoms with E-state index in [9.17, 15) is 21.6 Å². The van der Waals surface area contributed by atoms with Gasteiger partial charge in [-0.05, 0) is 53.5 Å². The molecule has 1 fully saturated rings. The Labute approximate surface area is 199 Å². The van der Waals surface area contributed by atoms with Gasteiger partial charge in [-0.15, -0.1) is 0 Å². The first-order valence-corrected chi connectivity index (χ1v) is 13.2. The summed E-state index contributed by atoms with van der Waals surface area (Å²) < 4.78 is 71.2. The largest absolute Gasteiger partial charge is 0.417 e. The highest BCUT2D eigenvalue weighted by molar-refractivity contribution is 7.90. The van der Waals surface area contributed by atoms with Crippen LogP contribution >= 0.6 is 0 Å². The number of fused-ring (bicyclic) bond motifs is 1. The van der Waals surface area contributed by atoms with Crippen LogP contribution in [0.1, 0.15) is 64.1 Å². The molecule has 0 amide bonds. The Bertz CT molecular complexity index is 1300. The van der Waals surface area contributed by atoms with Crippen molar-refractivity contribution in [3.8, 4) is 11.1 Å². The summed E-state index contributed by atoms with van der Waals surface area (Å²) in [5.74, 6) is 0. The molecule has 1 aliphatic carbocycles. The molecule has 1 N–H and O–H groups in total. The molecule has 1 atom stereocenters. The van der Waals surface area contributed by atoms with Gasteiger partial charge in [-0.1, -0.05) is 58.0 Å². The Morgan fingerprint density at radius 3 is 2.35 bits per heavy atom. The molecule has 0 spiro atoms. The Hall–Kier alpha value is -2.32. The first-order valence-electron chi connectivity index (χ1n) is 11.6. The standard InChI is InChI=1S/C26H31F3N2O2S/c1-5-23(30-34(32,33)18-11-12-18)21-15-31(16-25(2,3)4)24-14-17(10-13-20(21)24)19-8-6-7-9-22(19)26(27,28)29/h6-10,13-15,18,23,30H,5,11-12,16H2,1-4H3/t23-/m1/s1. The molecule has 4 rings (SSSR count). The summed E-state index contributed by atoms with van der Waals surface area (Å²) in [5.41, 5.74) is 1.49. The minimum atomic E-state index is -4.46. The first kappa shape index (κ1) is 24.8. The Morgan fingerprint density at radius 2 is 1.76 bits per heavy atom. The quantitative estimate of drug-likeness (QED) is 0.390. The molecule has 1 aliphatic rings. The molecule has 0 unspecified atom stereocenters. The lowest BCUT2D eigenvalue weighted by molar-refractivity contribution is -0.137. The van der Waals surface area contributed by atoms with Crippen LogP contribution in [0.5, 0.6) is 0 Å². The van der Waals surface area contributed by atoms with Gasteiger partial charge in [0.05, 0.1) is 10.8 Å². The molecule has 1 saturated carbocycles. The van der Waals surface area contributed by atoms with Crippen LogP contribution in [0.4, 0.5) is 13.2 Å². The van der Waals surface area contributed by atoms with Crippen LogP contribution < -0.4 is 4.72 Å². The Morgan fingerprint density at radius 1 is 1.09 bits per heavy atom. The number of hydrogen-bond acceptors (Lipinski definition) is 2. The fraction of sp³-hybridized carbons (Fsp3) is 0.462. The molecular formula is C26H31F3N2O2S. The molecule has 0 aliphatic heterocycles. The molecule has 4 nitrogen and oxygen atoms in total. The average Bonchev–Trinajstić information content (AvgIpc) is 3.55. The monoisotopic (exact) mass is 492 g/mol. The van der Waals surface area contributed by atoms with Crippen molar-refractivity contribution >= 4 is 20.9 Å². The average molecular weight is 493 g/mol. The summed E-state index contributed by atoms with van der Waals surface area (Å²) in [4.78, 5) is 0. The number of alkyl halides is 3. The normalized spacial score (nSPS) is 16.2. The SMILES string of the molecule is CC[C@@H](NS(=O)(=O)C1CC1)c1cn(CC(C)(C)C)c2cc(-c3ccccc3C(F)(F)F)ccc12. The van der Waals surface area contributed by atoms with Crippen LogP contribution in [0.2, 0.25) is 0 Å². The minimum Gasteiger partial charge on any atom is -0.347 e. The molecule has 34 heavy (non-hydrogen) atoms. The van der Waals surface area contributed by atoms with Gasteiger partial charge in [0.1, 0.15) is 0 Å². The van der Waals surface area contributed by atoms with Crippen molar-refractivity contribution in [1.29, 1.82) is 0 Å². The first-order chi connectivity index (χ1) is 15.8. The summed E-state index contributed by atoms with van der Waals surface area (Å²) in [6.45, 7) is 8.85. The number of nitrogens with one attached hydrogen (secondary N) is 1.